The SMILES string of the molecule is COc1cc2nc(NC(=O)Cn3nnc4c3c(=O)n(C)c(=O)n4C)sc2cc1F. The van der Waals surface area contributed by atoms with Crippen LogP contribution in [0.1, 0.15) is 0 Å². The number of aromatic nitrogens is 6. The van der Waals surface area contributed by atoms with Gasteiger partial charge in [0.25, 0.3) is 5.56 Å². The summed E-state index contributed by atoms with van der Waals surface area (Å²) < 4.78 is 22.5. The molecule has 0 unspecified atom stereocenters. The first-order valence-corrected chi connectivity index (χ1v) is 9.05. The molecule has 0 aliphatic heterocycles. The van der Waals surface area contributed by atoms with Crippen LogP contribution in [-0.2, 0) is 25.4 Å². The molecule has 0 spiro atoms. The molecule has 3 aromatic heterocycles. The van der Waals surface area contributed by atoms with E-state index in [2.05, 4.69) is 20.6 Å². The normalized spacial score (nSPS) is 11.3. The van der Waals surface area contributed by atoms with Crippen LogP contribution >= 0.6 is 11.3 Å². The Bertz CT molecular complexity index is 1400. The summed E-state index contributed by atoms with van der Waals surface area (Å²) in [5.41, 5.74) is -0.576. The van der Waals surface area contributed by atoms with Crippen molar-refractivity contribution in [3.8, 4) is 5.75 Å². The summed E-state index contributed by atoms with van der Waals surface area (Å²) in [7, 11) is 4.13. The summed E-state index contributed by atoms with van der Waals surface area (Å²) in [5, 5.41) is 10.5. The summed E-state index contributed by atoms with van der Waals surface area (Å²) in [4.78, 5) is 41.0. The zero-order chi connectivity index (χ0) is 20.9. The Labute approximate surface area is 165 Å². The maximum Gasteiger partial charge on any atom is 0.332 e. The first kappa shape index (κ1) is 18.7. The lowest BCUT2D eigenvalue weighted by Gasteiger charge is -2.04. The van der Waals surface area contributed by atoms with Crippen LogP contribution in [-0.4, -0.2) is 42.1 Å². The van der Waals surface area contributed by atoms with Gasteiger partial charge in [0.1, 0.15) is 6.54 Å². The summed E-state index contributed by atoms with van der Waals surface area (Å²) in [6.45, 7) is -0.322. The predicted octanol–water partition coefficient (Wildman–Crippen LogP) is 0.225. The van der Waals surface area contributed by atoms with Gasteiger partial charge < -0.3 is 10.1 Å². The minimum Gasteiger partial charge on any atom is -0.494 e. The van der Waals surface area contributed by atoms with E-state index in [0.717, 1.165) is 20.6 Å². The number of carbonyl (C=O) groups is 1. The maximum atomic E-state index is 13.8. The molecule has 4 aromatic rings. The van der Waals surface area contributed by atoms with Crippen LogP contribution < -0.4 is 21.3 Å². The van der Waals surface area contributed by atoms with Crippen molar-refractivity contribution in [2.75, 3.05) is 12.4 Å². The number of halogens is 1. The van der Waals surface area contributed by atoms with Gasteiger partial charge in [-0.05, 0) is 6.07 Å². The lowest BCUT2D eigenvalue weighted by molar-refractivity contribution is -0.116. The molecule has 4 rings (SSSR count). The van der Waals surface area contributed by atoms with Crippen molar-refractivity contribution in [2.45, 2.75) is 6.54 Å². The van der Waals surface area contributed by atoms with Crippen LogP contribution in [0.15, 0.2) is 21.7 Å². The van der Waals surface area contributed by atoms with Crippen LogP contribution in [0, 0.1) is 5.82 Å². The lowest BCUT2D eigenvalue weighted by atomic mass is 10.3. The number of nitrogens with one attached hydrogen (secondary N) is 1. The molecule has 1 amide bonds. The van der Waals surface area contributed by atoms with Gasteiger partial charge in [-0.2, -0.15) is 0 Å². The van der Waals surface area contributed by atoms with Crippen LogP contribution in [0.3, 0.4) is 0 Å². The molecule has 0 fully saturated rings. The number of aryl methyl sites for hydroxylation is 1. The van der Waals surface area contributed by atoms with Crippen molar-refractivity contribution in [3.63, 3.8) is 0 Å². The van der Waals surface area contributed by atoms with E-state index < -0.39 is 23.0 Å². The van der Waals surface area contributed by atoms with Gasteiger partial charge in [-0.3, -0.25) is 18.7 Å². The van der Waals surface area contributed by atoms with E-state index in [1.165, 1.54) is 37.9 Å². The van der Waals surface area contributed by atoms with Crippen molar-refractivity contribution in [1.29, 1.82) is 0 Å². The van der Waals surface area contributed by atoms with Gasteiger partial charge in [0.2, 0.25) is 5.91 Å². The second-order valence-corrected chi connectivity index (χ2v) is 7.18. The van der Waals surface area contributed by atoms with Crippen molar-refractivity contribution in [2.24, 2.45) is 14.1 Å². The molecule has 0 aliphatic carbocycles. The van der Waals surface area contributed by atoms with Gasteiger partial charge in [-0.1, -0.05) is 16.6 Å². The number of hydrogen-bond donors (Lipinski definition) is 1. The highest BCUT2D eigenvalue weighted by atomic mass is 32.1. The summed E-state index contributed by atoms with van der Waals surface area (Å²) in [6.07, 6.45) is 0. The van der Waals surface area contributed by atoms with Crippen molar-refractivity contribution in [1.82, 2.24) is 29.1 Å². The molecule has 29 heavy (non-hydrogen) atoms. The third-order valence-electron chi connectivity index (χ3n) is 4.32. The highest BCUT2D eigenvalue weighted by molar-refractivity contribution is 7.22. The average molecular weight is 419 g/mol. The quantitative estimate of drug-likeness (QED) is 0.502. The average Bonchev–Trinajstić information content (AvgIpc) is 3.27. The zero-order valence-electron chi connectivity index (χ0n) is 15.5. The van der Waals surface area contributed by atoms with E-state index >= 15 is 0 Å². The summed E-state index contributed by atoms with van der Waals surface area (Å²) >= 11 is 1.09. The van der Waals surface area contributed by atoms with E-state index in [1.54, 1.807) is 0 Å². The largest absolute Gasteiger partial charge is 0.494 e. The second kappa shape index (κ2) is 6.77. The zero-order valence-corrected chi connectivity index (χ0v) is 16.3. The van der Waals surface area contributed by atoms with E-state index in [4.69, 9.17) is 4.74 Å². The number of benzene rings is 1. The number of ether oxygens (including phenoxy) is 1. The number of methoxy groups -OCH3 is 1. The number of carbonyl (C=O) groups excluding carboxylic acids is 1. The molecule has 0 bridgehead atoms. The number of nitrogens with zero attached hydrogens (tertiary/aromatic N) is 6. The van der Waals surface area contributed by atoms with E-state index in [0.29, 0.717) is 10.2 Å². The summed E-state index contributed by atoms with van der Waals surface area (Å²) in [6, 6.07) is 2.71. The standard InChI is InChI=1S/C16H14FN7O4S/c1-22-13-12(14(26)23(2)16(22)27)24(21-20-13)6-11(25)19-15-18-8-5-9(28-3)7(17)4-10(8)29-15/h4-5H,6H2,1-3H3,(H,18,19,25). The predicted molar refractivity (Wildman–Crippen MR) is 103 cm³/mol. The Kier molecular flexibility index (Phi) is 4.38. The Morgan fingerprint density at radius 1 is 1.28 bits per heavy atom. The Hall–Kier alpha value is -3.61. The fourth-order valence-corrected chi connectivity index (χ4v) is 3.73. The highest BCUT2D eigenvalue weighted by Crippen LogP contribution is 2.31. The maximum absolute atomic E-state index is 13.8. The first-order chi connectivity index (χ1) is 13.8. The Morgan fingerprint density at radius 3 is 2.76 bits per heavy atom. The molecule has 0 aliphatic rings. The van der Waals surface area contributed by atoms with E-state index in [9.17, 15) is 18.8 Å². The first-order valence-electron chi connectivity index (χ1n) is 8.23. The molecular weight excluding hydrogens is 405 g/mol. The molecular formula is C16H14FN7O4S. The second-order valence-electron chi connectivity index (χ2n) is 6.15. The molecule has 1 aromatic carbocycles. The smallest absolute Gasteiger partial charge is 0.332 e. The van der Waals surface area contributed by atoms with Crippen molar-refractivity contribution >= 4 is 43.8 Å². The molecule has 0 radical (unpaired) electrons. The van der Waals surface area contributed by atoms with Crippen LogP contribution in [0.25, 0.3) is 21.4 Å². The van der Waals surface area contributed by atoms with Gasteiger partial charge in [0, 0.05) is 20.2 Å². The van der Waals surface area contributed by atoms with Crippen LogP contribution in [0.2, 0.25) is 0 Å². The fraction of sp³-hybridized carbons (Fsp3) is 0.250. The monoisotopic (exact) mass is 419 g/mol. The number of anilines is 1. The Balaban J connectivity index is 1.63. The fourth-order valence-electron chi connectivity index (χ4n) is 2.84. The number of thiazole rings is 1. The van der Waals surface area contributed by atoms with Gasteiger partial charge in [-0.15, -0.1) is 5.10 Å². The molecule has 13 heteroatoms. The number of hydrogen-bond acceptors (Lipinski definition) is 8. The Morgan fingerprint density at radius 2 is 2.03 bits per heavy atom. The third-order valence-corrected chi connectivity index (χ3v) is 5.25. The highest BCUT2D eigenvalue weighted by Gasteiger charge is 2.18. The molecule has 0 saturated heterocycles. The van der Waals surface area contributed by atoms with Gasteiger partial charge in [0.15, 0.2) is 27.9 Å². The summed E-state index contributed by atoms with van der Waals surface area (Å²) in [5.74, 6) is -0.993. The molecule has 0 saturated carbocycles. The minimum absolute atomic E-state index is 0.0286. The van der Waals surface area contributed by atoms with Crippen LogP contribution in [0.5, 0.6) is 5.75 Å². The van der Waals surface area contributed by atoms with Gasteiger partial charge >= 0.3 is 5.69 Å². The van der Waals surface area contributed by atoms with E-state index in [1.807, 2.05) is 0 Å². The molecule has 0 atom stereocenters. The molecule has 1 N–H and O–H groups in total. The number of rotatable bonds is 4. The topological polar surface area (TPSA) is 126 Å². The van der Waals surface area contributed by atoms with Crippen molar-refractivity contribution < 1.29 is 13.9 Å². The third kappa shape index (κ3) is 3.04. The lowest BCUT2D eigenvalue weighted by Crippen LogP contribution is -2.38. The number of fused-ring (bicyclic) bond motifs is 2. The number of amides is 1. The van der Waals surface area contributed by atoms with E-state index in [-0.39, 0.29) is 28.6 Å². The molecule has 3 heterocycles. The van der Waals surface area contributed by atoms with Gasteiger partial charge in [-0.25, -0.2) is 18.9 Å². The van der Waals surface area contributed by atoms with Gasteiger partial charge in [0.05, 0.1) is 17.3 Å². The molecule has 150 valence electrons. The van der Waals surface area contributed by atoms with Crippen molar-refractivity contribution in [3.05, 3.63) is 38.8 Å². The van der Waals surface area contributed by atoms with Crippen LogP contribution in [0.4, 0.5) is 9.52 Å². The minimum atomic E-state index is -0.608. The molecule has 11 nitrogen and oxygen atoms in total.